The first-order valence-corrected chi connectivity index (χ1v) is 7.64. The van der Waals surface area contributed by atoms with Crippen molar-refractivity contribution in [1.29, 1.82) is 0 Å². The van der Waals surface area contributed by atoms with Crippen molar-refractivity contribution in [2.75, 3.05) is 4.90 Å². The lowest BCUT2D eigenvalue weighted by Crippen LogP contribution is -2.30. The molecule has 0 spiro atoms. The molecule has 4 rings (SSSR count). The van der Waals surface area contributed by atoms with E-state index in [1.807, 2.05) is 0 Å². The molecule has 0 aromatic heterocycles. The second-order valence-electron chi connectivity index (χ2n) is 5.96. The van der Waals surface area contributed by atoms with Crippen LogP contribution in [0.25, 0.3) is 0 Å². The predicted molar refractivity (Wildman–Crippen MR) is 88.8 cm³/mol. The first-order valence-electron chi connectivity index (χ1n) is 7.64. The zero-order chi connectivity index (χ0) is 14.2. The monoisotopic (exact) mass is 273 g/mol. The highest BCUT2D eigenvalue weighted by atomic mass is 15.2. The molecular formula is C20H19N. The summed E-state index contributed by atoms with van der Waals surface area (Å²) in [5, 5.41) is 0. The van der Waals surface area contributed by atoms with Crippen molar-refractivity contribution in [3.8, 4) is 0 Å². The zero-order valence-electron chi connectivity index (χ0n) is 12.3. The van der Waals surface area contributed by atoms with E-state index in [0.29, 0.717) is 5.92 Å². The van der Waals surface area contributed by atoms with E-state index in [1.54, 1.807) is 0 Å². The van der Waals surface area contributed by atoms with Gasteiger partial charge in [0.25, 0.3) is 0 Å². The van der Waals surface area contributed by atoms with Gasteiger partial charge in [-0.05, 0) is 49.6 Å². The first kappa shape index (κ1) is 12.5. The van der Waals surface area contributed by atoms with Crippen molar-refractivity contribution in [1.82, 2.24) is 0 Å². The number of anilines is 2. The Morgan fingerprint density at radius 2 is 1.81 bits per heavy atom. The van der Waals surface area contributed by atoms with E-state index in [4.69, 9.17) is 0 Å². The van der Waals surface area contributed by atoms with Gasteiger partial charge in [-0.15, -0.1) is 0 Å². The maximum absolute atomic E-state index is 2.44. The van der Waals surface area contributed by atoms with E-state index in [-0.39, 0.29) is 0 Å². The molecule has 0 saturated carbocycles. The van der Waals surface area contributed by atoms with Gasteiger partial charge in [0.2, 0.25) is 0 Å². The van der Waals surface area contributed by atoms with Crippen molar-refractivity contribution in [2.45, 2.75) is 19.8 Å². The highest BCUT2D eigenvalue weighted by Crippen LogP contribution is 2.43. The molecule has 2 aromatic rings. The predicted octanol–water partition coefficient (Wildman–Crippen LogP) is 5.15. The Bertz CT molecular complexity index is 722. The van der Waals surface area contributed by atoms with Gasteiger partial charge in [0.15, 0.2) is 0 Å². The summed E-state index contributed by atoms with van der Waals surface area (Å²) in [5.74, 6) is 0.603. The fourth-order valence-electron chi connectivity index (χ4n) is 3.40. The first-order chi connectivity index (χ1) is 10.3. The third-order valence-electron chi connectivity index (χ3n) is 4.49. The van der Waals surface area contributed by atoms with Gasteiger partial charge >= 0.3 is 0 Å². The van der Waals surface area contributed by atoms with Gasteiger partial charge in [0, 0.05) is 23.0 Å². The van der Waals surface area contributed by atoms with Crippen molar-refractivity contribution < 1.29 is 0 Å². The molecule has 1 aliphatic heterocycles. The Labute approximate surface area is 126 Å². The van der Waals surface area contributed by atoms with Gasteiger partial charge in [0.05, 0.1) is 0 Å². The Hall–Kier alpha value is -2.28. The lowest BCUT2D eigenvalue weighted by Gasteiger charge is -2.39. The highest BCUT2D eigenvalue weighted by Gasteiger charge is 2.30. The van der Waals surface area contributed by atoms with Crippen LogP contribution in [0.2, 0.25) is 0 Å². The van der Waals surface area contributed by atoms with Crippen LogP contribution in [0.5, 0.6) is 0 Å². The largest absolute Gasteiger partial charge is 0.314 e. The molecule has 0 bridgehead atoms. The molecule has 2 aliphatic rings. The molecule has 0 fully saturated rings. The lowest BCUT2D eigenvalue weighted by molar-refractivity contribution is 0.583. The molecule has 0 amide bonds. The van der Waals surface area contributed by atoms with Crippen LogP contribution >= 0.6 is 0 Å². The highest BCUT2D eigenvalue weighted by molar-refractivity contribution is 5.74. The Kier molecular flexibility index (Phi) is 2.92. The molecule has 0 saturated heterocycles. The van der Waals surface area contributed by atoms with Crippen LogP contribution in [0, 0.1) is 12.8 Å². The summed E-state index contributed by atoms with van der Waals surface area (Å²) in [6.07, 6.45) is 9.05. The van der Waals surface area contributed by atoms with Gasteiger partial charge < -0.3 is 4.90 Å². The van der Waals surface area contributed by atoms with E-state index < -0.39 is 0 Å². The Morgan fingerprint density at radius 1 is 1.00 bits per heavy atom. The molecular weight excluding hydrogens is 254 g/mol. The van der Waals surface area contributed by atoms with E-state index in [9.17, 15) is 0 Å². The number of para-hydroxylation sites is 1. The van der Waals surface area contributed by atoms with Crippen LogP contribution in [0.3, 0.4) is 0 Å². The average molecular weight is 273 g/mol. The molecule has 1 nitrogen and oxygen atoms in total. The number of aryl methyl sites for hydroxylation is 1. The molecule has 1 unspecified atom stereocenters. The minimum atomic E-state index is 0.603. The van der Waals surface area contributed by atoms with E-state index in [2.05, 4.69) is 78.6 Å². The third kappa shape index (κ3) is 2.09. The van der Waals surface area contributed by atoms with Crippen LogP contribution in [0.4, 0.5) is 11.4 Å². The fraction of sp³-hybridized carbons (Fsp3) is 0.200. The molecule has 1 atom stereocenters. The second-order valence-corrected chi connectivity index (χ2v) is 5.96. The van der Waals surface area contributed by atoms with Gasteiger partial charge in [-0.1, -0.05) is 48.0 Å². The zero-order valence-corrected chi connectivity index (χ0v) is 12.3. The van der Waals surface area contributed by atoms with Crippen molar-refractivity contribution in [3.63, 3.8) is 0 Å². The molecule has 104 valence electrons. The molecule has 2 aromatic carbocycles. The summed E-state index contributed by atoms with van der Waals surface area (Å²) in [7, 11) is 0. The fourth-order valence-corrected chi connectivity index (χ4v) is 3.40. The van der Waals surface area contributed by atoms with Crippen LogP contribution in [0.1, 0.15) is 17.5 Å². The maximum Gasteiger partial charge on any atom is 0.0490 e. The van der Waals surface area contributed by atoms with E-state index in [1.165, 1.54) is 28.2 Å². The van der Waals surface area contributed by atoms with Gasteiger partial charge in [-0.25, -0.2) is 0 Å². The minimum absolute atomic E-state index is 0.603. The molecule has 0 N–H and O–H groups in total. The van der Waals surface area contributed by atoms with Crippen molar-refractivity contribution in [3.05, 3.63) is 83.6 Å². The SMILES string of the molecule is Cc1ccc(N2C3=CC=CCC3Cc3ccccc32)cc1. The number of allylic oxidation sites excluding steroid dienone is 4. The maximum atomic E-state index is 2.44. The number of rotatable bonds is 1. The topological polar surface area (TPSA) is 3.24 Å². The standard InChI is InChI=1S/C20H19N/c1-15-10-12-18(13-11-15)21-19-8-4-2-6-16(19)14-17-7-3-5-9-20(17)21/h2-6,8-13,17H,7,14H2,1H3. The van der Waals surface area contributed by atoms with Gasteiger partial charge in [-0.2, -0.15) is 0 Å². The number of hydrogen-bond donors (Lipinski definition) is 0. The van der Waals surface area contributed by atoms with Crippen LogP contribution < -0.4 is 4.90 Å². The van der Waals surface area contributed by atoms with Gasteiger partial charge in [0.1, 0.15) is 0 Å². The minimum Gasteiger partial charge on any atom is -0.314 e. The van der Waals surface area contributed by atoms with Crippen LogP contribution in [-0.2, 0) is 6.42 Å². The summed E-state index contributed by atoms with van der Waals surface area (Å²) in [5.41, 5.74) is 6.78. The number of fused-ring (bicyclic) bond motifs is 2. The normalized spacial score (nSPS) is 19.8. The lowest BCUT2D eigenvalue weighted by atomic mass is 9.84. The molecule has 1 heteroatoms. The van der Waals surface area contributed by atoms with Crippen LogP contribution in [0.15, 0.2) is 72.5 Å². The molecule has 0 radical (unpaired) electrons. The summed E-state index contributed by atoms with van der Waals surface area (Å²) in [4.78, 5) is 2.44. The van der Waals surface area contributed by atoms with Crippen molar-refractivity contribution >= 4 is 11.4 Å². The summed E-state index contributed by atoms with van der Waals surface area (Å²) in [6.45, 7) is 2.14. The molecule has 1 aliphatic carbocycles. The summed E-state index contributed by atoms with van der Waals surface area (Å²) < 4.78 is 0. The summed E-state index contributed by atoms with van der Waals surface area (Å²) in [6, 6.07) is 17.7. The smallest absolute Gasteiger partial charge is 0.0490 e. The van der Waals surface area contributed by atoms with Crippen molar-refractivity contribution in [2.24, 2.45) is 5.92 Å². The Balaban J connectivity index is 1.90. The molecule has 21 heavy (non-hydrogen) atoms. The van der Waals surface area contributed by atoms with Gasteiger partial charge in [-0.3, -0.25) is 0 Å². The van der Waals surface area contributed by atoms with E-state index >= 15 is 0 Å². The number of hydrogen-bond acceptors (Lipinski definition) is 1. The third-order valence-corrected chi connectivity index (χ3v) is 4.49. The quantitative estimate of drug-likeness (QED) is 0.694. The summed E-state index contributed by atoms with van der Waals surface area (Å²) >= 11 is 0. The second kappa shape index (κ2) is 4.92. The van der Waals surface area contributed by atoms with E-state index in [0.717, 1.165) is 12.8 Å². The van der Waals surface area contributed by atoms with Crippen LogP contribution in [-0.4, -0.2) is 0 Å². The number of benzene rings is 2. The Morgan fingerprint density at radius 3 is 2.67 bits per heavy atom. The molecule has 1 heterocycles. The number of nitrogens with zero attached hydrogens (tertiary/aromatic N) is 1. The average Bonchev–Trinajstić information content (AvgIpc) is 2.53.